The van der Waals surface area contributed by atoms with Crippen molar-refractivity contribution in [2.75, 3.05) is 18.9 Å². The molecule has 3 amide bonds. The van der Waals surface area contributed by atoms with E-state index in [-0.39, 0.29) is 41.5 Å². The Labute approximate surface area is 259 Å². The van der Waals surface area contributed by atoms with Gasteiger partial charge in [0.15, 0.2) is 0 Å². The van der Waals surface area contributed by atoms with Gasteiger partial charge in [0.2, 0.25) is 5.91 Å². The van der Waals surface area contributed by atoms with E-state index in [0.717, 1.165) is 12.8 Å². The van der Waals surface area contributed by atoms with Gasteiger partial charge in [0.1, 0.15) is 11.6 Å². The van der Waals surface area contributed by atoms with Crippen LogP contribution in [0.5, 0.6) is 0 Å². The first-order valence-electron chi connectivity index (χ1n) is 15.5. The summed E-state index contributed by atoms with van der Waals surface area (Å²) in [5.74, 6) is 0.662. The number of benzene rings is 1. The fourth-order valence-corrected chi connectivity index (χ4v) is 5.68. The van der Waals surface area contributed by atoms with Gasteiger partial charge in [-0.15, -0.1) is 0 Å². The minimum atomic E-state index is -0.599. The Hall–Kier alpha value is -2.63. The molecule has 0 spiro atoms. The highest BCUT2D eigenvalue weighted by Gasteiger charge is 2.61. The Balaban J connectivity index is 0.000000821. The third-order valence-corrected chi connectivity index (χ3v) is 9.07. The summed E-state index contributed by atoms with van der Waals surface area (Å²) in [7, 11) is 1.20. The molecule has 1 aromatic rings. The lowest BCUT2D eigenvalue weighted by atomic mass is 9.57. The first-order chi connectivity index (χ1) is 19.9. The van der Waals surface area contributed by atoms with Gasteiger partial charge in [0.05, 0.1) is 17.6 Å². The second-order valence-corrected chi connectivity index (χ2v) is 14.1. The summed E-state index contributed by atoms with van der Waals surface area (Å²) in [5.41, 5.74) is 0.0976. The Morgan fingerprint density at radius 2 is 1.77 bits per heavy atom. The molecule has 0 aromatic heterocycles. The van der Waals surface area contributed by atoms with Crippen LogP contribution in [0.1, 0.15) is 82.1 Å². The number of carbonyl (C=O) groups is 3. The first kappa shape index (κ1) is 36.6. The Morgan fingerprint density at radius 1 is 1.14 bits per heavy atom. The van der Waals surface area contributed by atoms with E-state index in [1.807, 2.05) is 39.0 Å². The highest BCUT2D eigenvalue weighted by molar-refractivity contribution is 6.47. The van der Waals surface area contributed by atoms with Crippen LogP contribution in [0, 0.1) is 23.2 Å². The van der Waals surface area contributed by atoms with Crippen LogP contribution in [0.3, 0.4) is 0 Å². The van der Waals surface area contributed by atoms with Gasteiger partial charge in [-0.1, -0.05) is 59.7 Å². The van der Waals surface area contributed by atoms with E-state index in [0.29, 0.717) is 29.9 Å². The second kappa shape index (κ2) is 15.4. The molecule has 10 nitrogen and oxygen atoms in total. The van der Waals surface area contributed by atoms with Crippen LogP contribution in [-0.4, -0.2) is 68.4 Å². The van der Waals surface area contributed by atoms with E-state index >= 15 is 0 Å². The molecule has 0 radical (unpaired) electrons. The van der Waals surface area contributed by atoms with Crippen LogP contribution >= 0.6 is 0 Å². The van der Waals surface area contributed by atoms with Gasteiger partial charge in [-0.25, -0.2) is 4.79 Å². The average Bonchev–Trinajstić information content (AvgIpc) is 3.25. The Morgan fingerprint density at radius 3 is 2.28 bits per heavy atom. The largest absolute Gasteiger partial charge is 0.481 e. The molecular weight excluding hydrogens is 547 g/mol. The molecule has 1 saturated heterocycles. The van der Waals surface area contributed by atoms with Gasteiger partial charge in [-0.2, -0.15) is 0 Å². The third kappa shape index (κ3) is 10.2. The average molecular weight is 603 g/mol. The maximum Gasteiger partial charge on any atom is 0.481 e. The molecule has 1 heterocycles. The number of carbonyl (C=O) groups excluding carboxylic acids is 3. The molecular formula is C32H55BN4O6. The van der Waals surface area contributed by atoms with Gasteiger partial charge in [-0.3, -0.25) is 9.59 Å². The minimum absolute atomic E-state index is 0.00413. The van der Waals surface area contributed by atoms with Crippen molar-refractivity contribution in [2.45, 2.75) is 111 Å². The summed E-state index contributed by atoms with van der Waals surface area (Å²) < 4.78 is 17.7. The topological polar surface area (TPSA) is 127 Å². The second-order valence-electron chi connectivity index (χ2n) is 14.1. The van der Waals surface area contributed by atoms with Crippen LogP contribution < -0.4 is 21.3 Å². The number of ether oxygens (including phenoxy) is 1. The van der Waals surface area contributed by atoms with Crippen LogP contribution in [-0.2, 0) is 23.6 Å². The molecule has 1 aliphatic carbocycles. The molecule has 2 fully saturated rings. The number of para-hydroxylation sites is 1. The van der Waals surface area contributed by atoms with E-state index in [1.165, 1.54) is 0 Å². The zero-order valence-electron chi connectivity index (χ0n) is 28.1. The number of fused-ring (bicyclic) bond motifs is 1. The van der Waals surface area contributed by atoms with E-state index < -0.39 is 18.8 Å². The van der Waals surface area contributed by atoms with Crippen molar-refractivity contribution in [1.82, 2.24) is 16.0 Å². The number of nitrogens with one attached hydrogen (secondary N) is 4. The first-order valence-corrected chi connectivity index (χ1v) is 15.5. The Kier molecular flexibility index (Phi) is 13.1. The SMILES string of the molecule is CC(C)(C)OC=O.CN[C@@H](CNC(=O)Nc1ccccc1)C(=O)NC(CC(C)C)B1OC2CC(C)C(C)(C)C(C)[C@]2(C)O1. The number of rotatable bonds is 10. The monoisotopic (exact) mass is 602 g/mol. The van der Waals surface area contributed by atoms with E-state index in [2.05, 4.69) is 74.5 Å². The third-order valence-electron chi connectivity index (χ3n) is 9.07. The zero-order chi connectivity index (χ0) is 32.6. The summed E-state index contributed by atoms with van der Waals surface area (Å²) in [6, 6.07) is 8.23. The number of hydrogen-bond donors (Lipinski definition) is 4. The molecule has 43 heavy (non-hydrogen) atoms. The maximum absolute atomic E-state index is 13.3. The van der Waals surface area contributed by atoms with E-state index in [4.69, 9.17) is 9.31 Å². The lowest BCUT2D eigenvalue weighted by Gasteiger charge is -2.53. The molecule has 3 rings (SSSR count). The summed E-state index contributed by atoms with van der Waals surface area (Å²) in [4.78, 5) is 35.1. The normalized spacial score (nSPS) is 25.9. The molecule has 6 atom stereocenters. The van der Waals surface area contributed by atoms with Crippen molar-refractivity contribution >= 4 is 31.2 Å². The summed E-state index contributed by atoms with van der Waals surface area (Å²) >= 11 is 0. The quantitative estimate of drug-likeness (QED) is 0.224. The predicted molar refractivity (Wildman–Crippen MR) is 171 cm³/mol. The van der Waals surface area contributed by atoms with Gasteiger partial charge < -0.3 is 35.3 Å². The van der Waals surface area contributed by atoms with E-state index in [1.54, 1.807) is 19.2 Å². The lowest BCUT2D eigenvalue weighted by Crippen LogP contribution is -2.57. The molecule has 1 aliphatic heterocycles. The van der Waals surface area contributed by atoms with Crippen LogP contribution in [0.15, 0.2) is 30.3 Å². The molecule has 4 N–H and O–H groups in total. The highest BCUT2D eigenvalue weighted by Crippen LogP contribution is 2.54. The van der Waals surface area contributed by atoms with Crippen molar-refractivity contribution in [3.8, 4) is 0 Å². The van der Waals surface area contributed by atoms with Crippen LogP contribution in [0.2, 0.25) is 0 Å². The van der Waals surface area contributed by atoms with Gasteiger partial charge in [-0.05, 0) is 82.9 Å². The van der Waals surface area contributed by atoms with Gasteiger partial charge in [0.25, 0.3) is 6.47 Å². The van der Waals surface area contributed by atoms with Crippen molar-refractivity contribution in [3.05, 3.63) is 30.3 Å². The van der Waals surface area contributed by atoms with Crippen molar-refractivity contribution in [1.29, 1.82) is 0 Å². The molecule has 1 aromatic carbocycles. The lowest BCUT2D eigenvalue weighted by molar-refractivity contribution is -0.138. The van der Waals surface area contributed by atoms with E-state index in [9.17, 15) is 14.4 Å². The molecule has 4 unspecified atom stereocenters. The standard InChI is InChI=1S/C27H45BN4O4.C5H10O2/c1-17(2)14-23(28-35-22-15-18(3)26(5,6)19(4)27(22,7)36-28)32-24(33)21(29-8)16-30-25(34)31-20-12-10-9-11-13-20;1-5(2,3)7-4-6/h9-13,17-19,21-23,29H,14-16H2,1-8H3,(H,32,33)(H2,30,31,34);4H,1-3H3/t18?,19?,21-,22?,23?,27-;/m0./s1. The van der Waals surface area contributed by atoms with Crippen molar-refractivity contribution < 1.29 is 28.4 Å². The van der Waals surface area contributed by atoms with Crippen LogP contribution in [0.4, 0.5) is 10.5 Å². The molecule has 11 heteroatoms. The number of hydrogen-bond acceptors (Lipinski definition) is 7. The fourth-order valence-electron chi connectivity index (χ4n) is 5.68. The van der Waals surface area contributed by atoms with Crippen molar-refractivity contribution in [2.24, 2.45) is 23.2 Å². The maximum atomic E-state index is 13.3. The summed E-state index contributed by atoms with van der Waals surface area (Å²) in [6.45, 7) is 21.7. The highest BCUT2D eigenvalue weighted by atomic mass is 16.7. The fraction of sp³-hybridized carbons (Fsp3) is 0.719. The Bertz CT molecular complexity index is 1050. The zero-order valence-corrected chi connectivity index (χ0v) is 28.1. The number of urea groups is 1. The smallest absolute Gasteiger partial charge is 0.462 e. The summed E-state index contributed by atoms with van der Waals surface area (Å²) in [5, 5.41) is 11.7. The molecule has 2 aliphatic rings. The van der Waals surface area contributed by atoms with Crippen molar-refractivity contribution in [3.63, 3.8) is 0 Å². The van der Waals surface area contributed by atoms with Gasteiger partial charge >= 0.3 is 13.1 Å². The van der Waals surface area contributed by atoms with Crippen LogP contribution in [0.25, 0.3) is 0 Å². The summed E-state index contributed by atoms with van der Waals surface area (Å²) in [6.07, 6.45) is 1.66. The minimum Gasteiger partial charge on any atom is -0.462 e. The molecule has 0 bridgehead atoms. The number of likely N-dealkylation sites (N-methyl/N-ethyl adjacent to an activating group) is 1. The number of amides is 3. The van der Waals surface area contributed by atoms with Gasteiger partial charge in [0, 0.05) is 12.2 Å². The molecule has 1 saturated carbocycles. The molecule has 242 valence electrons. The predicted octanol–water partition coefficient (Wildman–Crippen LogP) is 4.79. The number of anilines is 1.